The summed E-state index contributed by atoms with van der Waals surface area (Å²) in [5, 5.41) is 2.72. The molecule has 0 radical (unpaired) electrons. The zero-order valence-corrected chi connectivity index (χ0v) is 12.1. The standard InChI is InChI=1S/C15H19FN2O2/c1-9-13(19)17-12(15(2,3)4)14(20)18(9)11-8-6-5-7-10(11)16/h5-9,12H,1-4H3,(H,17,19). The van der Waals surface area contributed by atoms with E-state index in [1.165, 1.54) is 17.0 Å². The maximum Gasteiger partial charge on any atom is 0.250 e. The number of rotatable bonds is 1. The maximum atomic E-state index is 13.9. The van der Waals surface area contributed by atoms with Gasteiger partial charge in [0.2, 0.25) is 5.91 Å². The molecule has 2 rings (SSSR count). The van der Waals surface area contributed by atoms with Crippen molar-refractivity contribution in [3.05, 3.63) is 30.1 Å². The lowest BCUT2D eigenvalue weighted by Crippen LogP contribution is -2.66. The van der Waals surface area contributed by atoms with Crippen molar-refractivity contribution in [2.24, 2.45) is 5.41 Å². The molecule has 2 amide bonds. The molecule has 4 nitrogen and oxygen atoms in total. The Hall–Kier alpha value is -1.91. The van der Waals surface area contributed by atoms with Gasteiger partial charge in [0.1, 0.15) is 17.9 Å². The summed E-state index contributed by atoms with van der Waals surface area (Å²) in [7, 11) is 0. The molecular weight excluding hydrogens is 259 g/mol. The first-order valence-electron chi connectivity index (χ1n) is 6.61. The van der Waals surface area contributed by atoms with Crippen LogP contribution in [0.15, 0.2) is 24.3 Å². The van der Waals surface area contributed by atoms with E-state index in [2.05, 4.69) is 5.32 Å². The molecule has 1 heterocycles. The van der Waals surface area contributed by atoms with Gasteiger partial charge in [-0.1, -0.05) is 32.9 Å². The second-order valence-electron chi connectivity index (χ2n) is 6.14. The molecule has 1 saturated heterocycles. The summed E-state index contributed by atoms with van der Waals surface area (Å²) in [5.41, 5.74) is -0.287. The number of carbonyl (C=O) groups excluding carboxylic acids is 2. The number of anilines is 1. The second kappa shape index (κ2) is 4.89. The molecule has 1 aliphatic heterocycles. The molecule has 1 aromatic rings. The number of para-hydroxylation sites is 1. The van der Waals surface area contributed by atoms with Crippen LogP contribution in [-0.2, 0) is 9.59 Å². The van der Waals surface area contributed by atoms with Crippen LogP contribution >= 0.6 is 0 Å². The molecule has 1 fully saturated rings. The van der Waals surface area contributed by atoms with E-state index in [-0.39, 0.29) is 17.5 Å². The van der Waals surface area contributed by atoms with E-state index in [0.717, 1.165) is 0 Å². The maximum absolute atomic E-state index is 13.9. The predicted molar refractivity (Wildman–Crippen MR) is 74.7 cm³/mol. The van der Waals surface area contributed by atoms with Gasteiger partial charge in [-0.2, -0.15) is 0 Å². The Bertz CT molecular complexity index is 551. The van der Waals surface area contributed by atoms with Crippen molar-refractivity contribution in [3.63, 3.8) is 0 Å². The zero-order valence-electron chi connectivity index (χ0n) is 12.1. The van der Waals surface area contributed by atoms with E-state index >= 15 is 0 Å². The van der Waals surface area contributed by atoms with Crippen LogP contribution in [0.1, 0.15) is 27.7 Å². The van der Waals surface area contributed by atoms with Crippen molar-refractivity contribution < 1.29 is 14.0 Å². The summed E-state index contributed by atoms with van der Waals surface area (Å²) < 4.78 is 13.9. The van der Waals surface area contributed by atoms with Crippen molar-refractivity contribution in [2.45, 2.75) is 39.8 Å². The van der Waals surface area contributed by atoms with Gasteiger partial charge >= 0.3 is 0 Å². The van der Waals surface area contributed by atoms with Crippen molar-refractivity contribution in [3.8, 4) is 0 Å². The number of carbonyl (C=O) groups is 2. The highest BCUT2D eigenvalue weighted by molar-refractivity contribution is 6.08. The van der Waals surface area contributed by atoms with Gasteiger partial charge in [0.05, 0.1) is 5.69 Å². The number of halogens is 1. The molecule has 20 heavy (non-hydrogen) atoms. The number of hydrogen-bond donors (Lipinski definition) is 1. The van der Waals surface area contributed by atoms with Crippen molar-refractivity contribution >= 4 is 17.5 Å². The van der Waals surface area contributed by atoms with Crippen molar-refractivity contribution in [1.29, 1.82) is 0 Å². The third-order valence-corrected chi connectivity index (χ3v) is 3.52. The van der Waals surface area contributed by atoms with E-state index in [1.54, 1.807) is 19.1 Å². The minimum Gasteiger partial charge on any atom is -0.342 e. The first-order chi connectivity index (χ1) is 9.23. The average Bonchev–Trinajstić information content (AvgIpc) is 2.35. The van der Waals surface area contributed by atoms with Crippen LogP contribution in [-0.4, -0.2) is 23.9 Å². The molecule has 108 valence electrons. The minimum atomic E-state index is -0.724. The van der Waals surface area contributed by atoms with Crippen LogP contribution in [0.25, 0.3) is 0 Å². The first kappa shape index (κ1) is 14.5. The molecule has 1 N–H and O–H groups in total. The average molecular weight is 278 g/mol. The predicted octanol–water partition coefficient (Wildman–Crippen LogP) is 2.09. The summed E-state index contributed by atoms with van der Waals surface area (Å²) in [5.74, 6) is -1.06. The number of hydrogen-bond acceptors (Lipinski definition) is 2. The molecular formula is C15H19FN2O2. The molecule has 5 heteroatoms. The van der Waals surface area contributed by atoms with Gasteiger partial charge in [-0.3, -0.25) is 14.5 Å². The summed E-state index contributed by atoms with van der Waals surface area (Å²) in [4.78, 5) is 25.9. The van der Waals surface area contributed by atoms with Crippen LogP contribution < -0.4 is 10.2 Å². The lowest BCUT2D eigenvalue weighted by Gasteiger charge is -2.42. The highest BCUT2D eigenvalue weighted by Gasteiger charge is 2.44. The summed E-state index contributed by atoms with van der Waals surface area (Å²) in [6.07, 6.45) is 0. The Morgan fingerprint density at radius 3 is 2.35 bits per heavy atom. The zero-order chi connectivity index (χ0) is 15.1. The number of benzene rings is 1. The fourth-order valence-corrected chi connectivity index (χ4v) is 2.33. The van der Waals surface area contributed by atoms with Crippen molar-refractivity contribution in [2.75, 3.05) is 4.90 Å². The second-order valence-corrected chi connectivity index (χ2v) is 6.14. The van der Waals surface area contributed by atoms with E-state index in [1.807, 2.05) is 20.8 Å². The van der Waals surface area contributed by atoms with Gasteiger partial charge in [0, 0.05) is 0 Å². The summed E-state index contributed by atoms with van der Waals surface area (Å²) >= 11 is 0. The lowest BCUT2D eigenvalue weighted by atomic mass is 9.84. The van der Waals surface area contributed by atoms with Crippen LogP contribution in [0.5, 0.6) is 0 Å². The minimum absolute atomic E-state index is 0.147. The number of nitrogens with zero attached hydrogens (tertiary/aromatic N) is 1. The van der Waals surface area contributed by atoms with Crippen molar-refractivity contribution in [1.82, 2.24) is 5.32 Å². The summed E-state index contributed by atoms with van der Waals surface area (Å²) in [6.45, 7) is 7.20. The van der Waals surface area contributed by atoms with Crippen LogP contribution in [0.4, 0.5) is 10.1 Å². The SMILES string of the molecule is CC1C(=O)NC(C(C)(C)C)C(=O)N1c1ccccc1F. The normalized spacial score (nSPS) is 23.8. The molecule has 2 atom stereocenters. The van der Waals surface area contributed by atoms with Gasteiger partial charge in [0.15, 0.2) is 0 Å². The number of amides is 2. The Morgan fingerprint density at radius 2 is 1.80 bits per heavy atom. The van der Waals surface area contributed by atoms with Gasteiger partial charge in [0.25, 0.3) is 5.91 Å². The molecule has 0 aromatic heterocycles. The number of piperazine rings is 1. The van der Waals surface area contributed by atoms with E-state index < -0.39 is 23.3 Å². The number of nitrogens with one attached hydrogen (secondary N) is 1. The lowest BCUT2D eigenvalue weighted by molar-refractivity contribution is -0.136. The van der Waals surface area contributed by atoms with E-state index in [9.17, 15) is 14.0 Å². The molecule has 0 bridgehead atoms. The Kier molecular flexibility index (Phi) is 3.54. The van der Waals surface area contributed by atoms with Gasteiger partial charge in [-0.05, 0) is 24.5 Å². The highest BCUT2D eigenvalue weighted by Crippen LogP contribution is 2.29. The third-order valence-electron chi connectivity index (χ3n) is 3.52. The molecule has 0 aliphatic carbocycles. The fraction of sp³-hybridized carbons (Fsp3) is 0.467. The van der Waals surface area contributed by atoms with E-state index in [0.29, 0.717) is 0 Å². The Labute approximate surface area is 118 Å². The molecule has 0 spiro atoms. The topological polar surface area (TPSA) is 49.4 Å². The Morgan fingerprint density at radius 1 is 1.20 bits per heavy atom. The highest BCUT2D eigenvalue weighted by atomic mass is 19.1. The first-order valence-corrected chi connectivity index (χ1v) is 6.61. The quantitative estimate of drug-likeness (QED) is 0.855. The molecule has 1 aromatic carbocycles. The van der Waals surface area contributed by atoms with Gasteiger partial charge in [-0.15, -0.1) is 0 Å². The molecule has 0 saturated carbocycles. The van der Waals surface area contributed by atoms with Crippen LogP contribution in [0.3, 0.4) is 0 Å². The monoisotopic (exact) mass is 278 g/mol. The van der Waals surface area contributed by atoms with Gasteiger partial charge < -0.3 is 5.32 Å². The van der Waals surface area contributed by atoms with Gasteiger partial charge in [-0.25, -0.2) is 4.39 Å². The smallest absolute Gasteiger partial charge is 0.250 e. The largest absolute Gasteiger partial charge is 0.342 e. The van der Waals surface area contributed by atoms with Crippen LogP contribution in [0, 0.1) is 11.2 Å². The summed E-state index contributed by atoms with van der Waals surface area (Å²) in [6, 6.07) is 4.62. The Balaban J connectivity index is 2.47. The third kappa shape index (κ3) is 2.40. The van der Waals surface area contributed by atoms with Crippen LogP contribution in [0.2, 0.25) is 0 Å². The molecule has 2 unspecified atom stereocenters. The fourth-order valence-electron chi connectivity index (χ4n) is 2.33. The van der Waals surface area contributed by atoms with E-state index in [4.69, 9.17) is 0 Å². The molecule has 1 aliphatic rings.